The molecule has 3 aromatic rings. The molecule has 28 heavy (non-hydrogen) atoms. The largest absolute Gasteiger partial charge is 0.367 e. The number of carbonyl (C=O) groups excluding carboxylic acids is 1. The molecule has 1 aliphatic heterocycles. The predicted octanol–water partition coefficient (Wildman–Crippen LogP) is 2.67. The highest BCUT2D eigenvalue weighted by molar-refractivity contribution is 5.92. The number of nitrogens with one attached hydrogen (secondary N) is 1. The number of piperazine rings is 1. The van der Waals surface area contributed by atoms with Gasteiger partial charge in [0.25, 0.3) is 0 Å². The Morgan fingerprint density at radius 3 is 2.50 bits per heavy atom. The van der Waals surface area contributed by atoms with Crippen molar-refractivity contribution in [2.75, 3.05) is 42.9 Å². The molecule has 0 saturated carbocycles. The van der Waals surface area contributed by atoms with Gasteiger partial charge in [-0.1, -0.05) is 0 Å². The molecule has 0 aliphatic carbocycles. The van der Waals surface area contributed by atoms with E-state index in [1.54, 1.807) is 6.20 Å². The van der Waals surface area contributed by atoms with Crippen LogP contribution in [-0.2, 0) is 4.79 Å². The summed E-state index contributed by atoms with van der Waals surface area (Å²) in [5, 5.41) is 2.77. The molecule has 8 heteroatoms. The van der Waals surface area contributed by atoms with E-state index in [0.29, 0.717) is 29.8 Å². The van der Waals surface area contributed by atoms with Crippen molar-refractivity contribution in [1.29, 1.82) is 0 Å². The highest BCUT2D eigenvalue weighted by Crippen LogP contribution is 2.24. The molecule has 0 atom stereocenters. The van der Waals surface area contributed by atoms with E-state index < -0.39 is 5.82 Å². The fourth-order valence-corrected chi connectivity index (χ4v) is 3.33. The summed E-state index contributed by atoms with van der Waals surface area (Å²) in [7, 11) is 0. The number of anilines is 2. The average Bonchev–Trinajstić information content (AvgIpc) is 2.70. The number of hydrogen-bond acceptors (Lipinski definition) is 5. The summed E-state index contributed by atoms with van der Waals surface area (Å²) < 4.78 is 26.3. The first-order valence-electron chi connectivity index (χ1n) is 9.01. The number of pyridine rings is 2. The van der Waals surface area contributed by atoms with Gasteiger partial charge in [-0.2, -0.15) is 0 Å². The topological polar surface area (TPSA) is 61.4 Å². The molecule has 1 saturated heterocycles. The van der Waals surface area contributed by atoms with E-state index in [9.17, 15) is 13.6 Å². The zero-order chi connectivity index (χ0) is 19.5. The lowest BCUT2D eigenvalue weighted by Crippen LogP contribution is -2.48. The number of amides is 1. The summed E-state index contributed by atoms with van der Waals surface area (Å²) in [6.45, 7) is 3.14. The molecular formula is C20H19F2N5O. The molecule has 2 aromatic heterocycles. The fraction of sp³-hybridized carbons (Fsp3) is 0.250. The van der Waals surface area contributed by atoms with Crippen LogP contribution in [0, 0.1) is 11.6 Å². The molecule has 1 aromatic carbocycles. The Bertz CT molecular complexity index is 988. The summed E-state index contributed by atoms with van der Waals surface area (Å²) >= 11 is 0. The van der Waals surface area contributed by atoms with E-state index in [2.05, 4.69) is 25.1 Å². The maximum absolute atomic E-state index is 13.4. The van der Waals surface area contributed by atoms with Crippen LogP contribution >= 0.6 is 0 Å². The minimum absolute atomic E-state index is 0.133. The Morgan fingerprint density at radius 2 is 1.75 bits per heavy atom. The minimum Gasteiger partial charge on any atom is -0.367 e. The van der Waals surface area contributed by atoms with Gasteiger partial charge in [-0.05, 0) is 30.3 Å². The van der Waals surface area contributed by atoms with E-state index >= 15 is 0 Å². The van der Waals surface area contributed by atoms with E-state index in [4.69, 9.17) is 0 Å². The molecule has 6 nitrogen and oxygen atoms in total. The molecule has 0 spiro atoms. The number of carbonyl (C=O) groups is 1. The van der Waals surface area contributed by atoms with Crippen molar-refractivity contribution in [3.63, 3.8) is 0 Å². The number of aromatic nitrogens is 2. The van der Waals surface area contributed by atoms with Crippen molar-refractivity contribution in [1.82, 2.24) is 14.9 Å². The van der Waals surface area contributed by atoms with Crippen LogP contribution in [0.2, 0.25) is 0 Å². The van der Waals surface area contributed by atoms with Gasteiger partial charge in [0.15, 0.2) is 0 Å². The number of benzene rings is 1. The smallest absolute Gasteiger partial charge is 0.238 e. The molecule has 144 valence electrons. The minimum atomic E-state index is -0.408. The van der Waals surface area contributed by atoms with Crippen molar-refractivity contribution in [2.45, 2.75) is 0 Å². The lowest BCUT2D eigenvalue weighted by molar-refractivity contribution is -0.117. The standard InChI is InChI=1S/C20H19F2N5O/c21-14-1-3-16(4-2-14)25-19(28)13-26-7-9-27(10-8-26)18-5-6-23-17-11-15(22)12-24-20(17)18/h1-6,11-12H,7-10,13H2,(H,25,28). The Labute approximate surface area is 160 Å². The fourth-order valence-electron chi connectivity index (χ4n) is 3.33. The predicted molar refractivity (Wildman–Crippen MR) is 103 cm³/mol. The van der Waals surface area contributed by atoms with Gasteiger partial charge in [-0.15, -0.1) is 0 Å². The first-order chi connectivity index (χ1) is 13.6. The van der Waals surface area contributed by atoms with E-state index in [-0.39, 0.29) is 18.3 Å². The first kappa shape index (κ1) is 18.2. The van der Waals surface area contributed by atoms with Crippen LogP contribution in [0.25, 0.3) is 11.0 Å². The van der Waals surface area contributed by atoms with Crippen LogP contribution in [0.3, 0.4) is 0 Å². The van der Waals surface area contributed by atoms with Gasteiger partial charge in [0, 0.05) is 44.1 Å². The molecule has 0 unspecified atom stereocenters. The number of fused-ring (bicyclic) bond motifs is 1. The van der Waals surface area contributed by atoms with Gasteiger partial charge in [0.2, 0.25) is 5.91 Å². The third kappa shape index (κ3) is 4.07. The first-order valence-corrected chi connectivity index (χ1v) is 9.01. The number of hydrogen-bond donors (Lipinski definition) is 1. The number of nitrogens with zero attached hydrogens (tertiary/aromatic N) is 4. The third-order valence-electron chi connectivity index (χ3n) is 4.73. The summed E-state index contributed by atoms with van der Waals surface area (Å²) in [6, 6.07) is 8.96. The summed E-state index contributed by atoms with van der Waals surface area (Å²) in [6.07, 6.45) is 2.85. The quantitative estimate of drug-likeness (QED) is 0.751. The number of rotatable bonds is 4. The van der Waals surface area contributed by atoms with Crippen LogP contribution in [0.5, 0.6) is 0 Å². The SMILES string of the molecule is O=C(CN1CCN(c2ccnc3cc(F)cnc23)CC1)Nc1ccc(F)cc1. The van der Waals surface area contributed by atoms with Crippen LogP contribution in [0.15, 0.2) is 48.8 Å². The highest BCUT2D eigenvalue weighted by Gasteiger charge is 2.21. The van der Waals surface area contributed by atoms with Crippen LogP contribution in [0.4, 0.5) is 20.2 Å². The van der Waals surface area contributed by atoms with Gasteiger partial charge < -0.3 is 10.2 Å². The van der Waals surface area contributed by atoms with Crippen molar-refractivity contribution in [3.05, 3.63) is 60.4 Å². The molecule has 4 rings (SSSR count). The normalized spacial score (nSPS) is 15.0. The molecule has 1 aliphatic rings. The summed E-state index contributed by atoms with van der Waals surface area (Å²) in [5.41, 5.74) is 2.69. The Kier molecular flexibility index (Phi) is 5.12. The molecule has 1 N–H and O–H groups in total. The number of halogens is 2. The van der Waals surface area contributed by atoms with Gasteiger partial charge >= 0.3 is 0 Å². The zero-order valence-corrected chi connectivity index (χ0v) is 15.1. The van der Waals surface area contributed by atoms with Gasteiger partial charge in [0.1, 0.15) is 17.2 Å². The molecule has 1 amide bonds. The van der Waals surface area contributed by atoms with Crippen molar-refractivity contribution >= 4 is 28.3 Å². The van der Waals surface area contributed by atoms with E-state index in [1.807, 2.05) is 6.07 Å². The second-order valence-corrected chi connectivity index (χ2v) is 6.67. The Morgan fingerprint density at radius 1 is 1.00 bits per heavy atom. The lowest BCUT2D eigenvalue weighted by atomic mass is 10.2. The second-order valence-electron chi connectivity index (χ2n) is 6.67. The maximum atomic E-state index is 13.4. The van der Waals surface area contributed by atoms with Gasteiger partial charge in [-0.25, -0.2) is 13.8 Å². The summed E-state index contributed by atoms with van der Waals surface area (Å²) in [4.78, 5) is 24.8. The highest BCUT2D eigenvalue weighted by atomic mass is 19.1. The van der Waals surface area contributed by atoms with Gasteiger partial charge in [0.05, 0.1) is 23.9 Å². The lowest BCUT2D eigenvalue weighted by Gasteiger charge is -2.35. The van der Waals surface area contributed by atoms with E-state index in [1.165, 1.54) is 36.5 Å². The zero-order valence-electron chi connectivity index (χ0n) is 15.1. The van der Waals surface area contributed by atoms with Crippen molar-refractivity contribution in [2.24, 2.45) is 0 Å². The second kappa shape index (κ2) is 7.85. The van der Waals surface area contributed by atoms with Crippen LogP contribution < -0.4 is 10.2 Å². The average molecular weight is 383 g/mol. The third-order valence-corrected chi connectivity index (χ3v) is 4.73. The Balaban J connectivity index is 1.36. The monoisotopic (exact) mass is 383 g/mol. The van der Waals surface area contributed by atoms with Crippen molar-refractivity contribution in [3.8, 4) is 0 Å². The molecule has 3 heterocycles. The van der Waals surface area contributed by atoms with E-state index in [0.717, 1.165) is 18.8 Å². The van der Waals surface area contributed by atoms with Crippen LogP contribution in [-0.4, -0.2) is 53.5 Å². The molecule has 0 bridgehead atoms. The summed E-state index contributed by atoms with van der Waals surface area (Å²) in [5.74, 6) is -0.879. The Hall–Kier alpha value is -3.13. The molecular weight excluding hydrogens is 364 g/mol. The molecule has 0 radical (unpaired) electrons. The van der Waals surface area contributed by atoms with Gasteiger partial charge in [-0.3, -0.25) is 14.7 Å². The van der Waals surface area contributed by atoms with Crippen LogP contribution in [0.1, 0.15) is 0 Å². The van der Waals surface area contributed by atoms with Crippen molar-refractivity contribution < 1.29 is 13.6 Å². The molecule has 1 fully saturated rings. The maximum Gasteiger partial charge on any atom is 0.238 e.